The minimum Gasteiger partial charge on any atom is -0.310 e. The zero-order valence-electron chi connectivity index (χ0n) is 36.3. The first kappa shape index (κ1) is 37.1. The van der Waals surface area contributed by atoms with Crippen LogP contribution in [-0.2, 0) is 10.8 Å². The molecule has 1 saturated carbocycles. The number of hydrogen-bond donors (Lipinski definition) is 0. The fourth-order valence-electron chi connectivity index (χ4n) is 11.8. The van der Waals surface area contributed by atoms with Crippen molar-refractivity contribution in [2.75, 3.05) is 4.90 Å². The first-order valence-corrected chi connectivity index (χ1v) is 22.8. The molecule has 0 N–H and O–H groups in total. The number of rotatable bonds is 6. The number of nitrogens with zero attached hydrogens (tertiary/aromatic N) is 2. The molecule has 3 aliphatic rings. The lowest BCUT2D eigenvalue weighted by atomic mass is 9.81. The molecule has 1 aromatic heterocycles. The summed E-state index contributed by atoms with van der Waals surface area (Å²) in [7, 11) is 0. The maximum absolute atomic E-state index is 2.49. The number of aromatic nitrogens is 1. The van der Waals surface area contributed by atoms with E-state index in [0.717, 1.165) is 5.69 Å². The van der Waals surface area contributed by atoms with Crippen molar-refractivity contribution >= 4 is 38.9 Å². The second-order valence-electron chi connectivity index (χ2n) is 19.2. The van der Waals surface area contributed by atoms with Crippen LogP contribution in [0.15, 0.2) is 176 Å². The molecule has 2 nitrogen and oxygen atoms in total. The van der Waals surface area contributed by atoms with Crippen molar-refractivity contribution in [2.24, 2.45) is 0 Å². The predicted molar refractivity (Wildman–Crippen MR) is 262 cm³/mol. The van der Waals surface area contributed by atoms with E-state index in [9.17, 15) is 0 Å². The van der Waals surface area contributed by atoms with Crippen molar-refractivity contribution in [1.29, 1.82) is 0 Å². The van der Waals surface area contributed by atoms with Gasteiger partial charge in [0.05, 0.1) is 11.0 Å². The van der Waals surface area contributed by atoms with Crippen LogP contribution in [0.5, 0.6) is 0 Å². The molecule has 0 saturated heterocycles. The summed E-state index contributed by atoms with van der Waals surface area (Å²) in [6, 6.07) is 66.7. The summed E-state index contributed by atoms with van der Waals surface area (Å²) >= 11 is 0. The SMILES string of the molecule is CC1(C)c2ccc(-c3cccc4c3-c3ccccc3C4(C)C)cc2-c2ccc(N(c3ccc(C4CCCCC4)cc3)c3ccc4c5ccccc5n(-c5ccccc5)c4c3)cc21. The predicted octanol–water partition coefficient (Wildman–Crippen LogP) is 16.6. The first-order valence-electron chi connectivity index (χ1n) is 22.8. The highest BCUT2D eigenvalue weighted by Gasteiger charge is 2.39. The van der Waals surface area contributed by atoms with E-state index in [4.69, 9.17) is 0 Å². The van der Waals surface area contributed by atoms with Gasteiger partial charge in [-0.05, 0) is 141 Å². The molecule has 2 heteroatoms. The summed E-state index contributed by atoms with van der Waals surface area (Å²) in [4.78, 5) is 2.49. The molecule has 3 aliphatic carbocycles. The Morgan fingerprint density at radius 2 is 1.08 bits per heavy atom. The second kappa shape index (κ2) is 13.9. The van der Waals surface area contributed by atoms with Crippen LogP contribution in [0.2, 0.25) is 0 Å². The van der Waals surface area contributed by atoms with Gasteiger partial charge in [0.15, 0.2) is 0 Å². The Labute approximate surface area is 366 Å². The van der Waals surface area contributed by atoms with Gasteiger partial charge in [-0.2, -0.15) is 0 Å². The normalized spacial score (nSPS) is 15.9. The average molecular weight is 801 g/mol. The minimum absolute atomic E-state index is 0.0334. The summed E-state index contributed by atoms with van der Waals surface area (Å²) in [5.74, 6) is 0.659. The summed E-state index contributed by atoms with van der Waals surface area (Å²) in [5.41, 5.74) is 22.0. The topological polar surface area (TPSA) is 8.17 Å². The highest BCUT2D eigenvalue weighted by molar-refractivity contribution is 6.10. The van der Waals surface area contributed by atoms with E-state index in [-0.39, 0.29) is 10.8 Å². The van der Waals surface area contributed by atoms with Crippen LogP contribution in [0, 0.1) is 0 Å². The molecule has 0 radical (unpaired) electrons. The van der Waals surface area contributed by atoms with E-state index >= 15 is 0 Å². The Balaban J connectivity index is 1.01. The molecule has 0 amide bonds. The zero-order chi connectivity index (χ0) is 41.7. The molecular weight excluding hydrogens is 749 g/mol. The van der Waals surface area contributed by atoms with Crippen LogP contribution in [-0.4, -0.2) is 4.57 Å². The molecule has 1 heterocycles. The van der Waals surface area contributed by atoms with Gasteiger partial charge in [-0.25, -0.2) is 0 Å². The largest absolute Gasteiger partial charge is 0.310 e. The number of fused-ring (bicyclic) bond motifs is 9. The van der Waals surface area contributed by atoms with E-state index < -0.39 is 0 Å². The van der Waals surface area contributed by atoms with Crippen LogP contribution in [0.3, 0.4) is 0 Å². The number of para-hydroxylation sites is 2. The van der Waals surface area contributed by atoms with Gasteiger partial charge in [0.25, 0.3) is 0 Å². The van der Waals surface area contributed by atoms with E-state index in [2.05, 4.69) is 213 Å². The molecule has 9 aromatic rings. The Morgan fingerprint density at radius 1 is 0.435 bits per heavy atom. The fourth-order valence-corrected chi connectivity index (χ4v) is 11.8. The van der Waals surface area contributed by atoms with Crippen LogP contribution in [0.1, 0.15) is 93.5 Å². The van der Waals surface area contributed by atoms with Crippen molar-refractivity contribution in [3.63, 3.8) is 0 Å². The molecule has 62 heavy (non-hydrogen) atoms. The molecule has 0 spiro atoms. The highest BCUT2D eigenvalue weighted by Crippen LogP contribution is 2.55. The van der Waals surface area contributed by atoms with Gasteiger partial charge in [-0.3, -0.25) is 0 Å². The Hall–Kier alpha value is -6.64. The van der Waals surface area contributed by atoms with Crippen LogP contribution in [0.4, 0.5) is 17.1 Å². The van der Waals surface area contributed by atoms with Crippen LogP contribution >= 0.6 is 0 Å². The molecule has 1 fully saturated rings. The van der Waals surface area contributed by atoms with E-state index in [1.807, 2.05) is 0 Å². The Bertz CT molecular complexity index is 3210. The Morgan fingerprint density at radius 3 is 1.92 bits per heavy atom. The molecule has 0 aliphatic heterocycles. The third-order valence-electron chi connectivity index (χ3n) is 15.0. The van der Waals surface area contributed by atoms with E-state index in [1.165, 1.54) is 132 Å². The highest BCUT2D eigenvalue weighted by atomic mass is 15.1. The van der Waals surface area contributed by atoms with Gasteiger partial charge in [0.2, 0.25) is 0 Å². The number of anilines is 3. The van der Waals surface area contributed by atoms with Crippen molar-refractivity contribution in [2.45, 2.75) is 76.5 Å². The van der Waals surface area contributed by atoms with Gasteiger partial charge in [-0.15, -0.1) is 0 Å². The lowest BCUT2D eigenvalue weighted by molar-refractivity contribution is 0.443. The Kier molecular flexibility index (Phi) is 8.35. The summed E-state index contributed by atoms with van der Waals surface area (Å²) in [6.07, 6.45) is 6.63. The summed E-state index contributed by atoms with van der Waals surface area (Å²) in [6.45, 7) is 9.56. The first-order chi connectivity index (χ1) is 30.3. The maximum atomic E-state index is 2.49. The third-order valence-corrected chi connectivity index (χ3v) is 15.0. The minimum atomic E-state index is -0.174. The quantitative estimate of drug-likeness (QED) is 0.163. The molecule has 0 bridgehead atoms. The van der Waals surface area contributed by atoms with E-state index in [1.54, 1.807) is 0 Å². The smallest absolute Gasteiger partial charge is 0.0561 e. The number of benzene rings is 8. The van der Waals surface area contributed by atoms with Crippen LogP contribution < -0.4 is 4.90 Å². The second-order valence-corrected chi connectivity index (χ2v) is 19.2. The molecule has 8 aromatic carbocycles. The molecule has 0 unspecified atom stereocenters. The van der Waals surface area contributed by atoms with Gasteiger partial charge in [0.1, 0.15) is 0 Å². The van der Waals surface area contributed by atoms with Gasteiger partial charge < -0.3 is 9.47 Å². The van der Waals surface area contributed by atoms with Crippen LogP contribution in [0.25, 0.3) is 60.9 Å². The monoisotopic (exact) mass is 800 g/mol. The number of hydrogen-bond acceptors (Lipinski definition) is 1. The van der Waals surface area contributed by atoms with Crippen molar-refractivity contribution < 1.29 is 0 Å². The van der Waals surface area contributed by atoms with Crippen molar-refractivity contribution in [3.8, 4) is 39.1 Å². The lowest BCUT2D eigenvalue weighted by Gasteiger charge is -2.29. The van der Waals surface area contributed by atoms with Gasteiger partial charge in [0, 0.05) is 44.4 Å². The standard InChI is InChI=1S/C60H52N2/c1-59(2)52-23-13-11-21-50(52)58-46(22-15-24-54(58)59)41-28-35-53-51(36-41)47-33-31-44(37-55(47)60(53,3)4)61(43-29-26-40(27-30-43)39-16-7-5-8-17-39)45-32-34-49-48-20-12-14-25-56(48)62(57(49)38-45)42-18-9-6-10-19-42/h6,9-15,18-39H,5,7-8,16-17H2,1-4H3. The summed E-state index contributed by atoms with van der Waals surface area (Å²) < 4.78 is 2.43. The van der Waals surface area contributed by atoms with Crippen molar-refractivity contribution in [1.82, 2.24) is 4.57 Å². The van der Waals surface area contributed by atoms with Gasteiger partial charge in [-0.1, -0.05) is 162 Å². The third kappa shape index (κ3) is 5.55. The molecular formula is C60H52N2. The molecule has 0 atom stereocenters. The van der Waals surface area contributed by atoms with Gasteiger partial charge >= 0.3 is 0 Å². The fraction of sp³-hybridized carbons (Fsp3) is 0.200. The maximum Gasteiger partial charge on any atom is 0.0561 e. The lowest BCUT2D eigenvalue weighted by Crippen LogP contribution is -2.16. The molecule has 302 valence electrons. The van der Waals surface area contributed by atoms with Crippen molar-refractivity contribution in [3.05, 3.63) is 204 Å². The summed E-state index contributed by atoms with van der Waals surface area (Å²) in [5, 5.41) is 2.53. The zero-order valence-corrected chi connectivity index (χ0v) is 36.3. The van der Waals surface area contributed by atoms with E-state index in [0.29, 0.717) is 5.92 Å². The average Bonchev–Trinajstić information content (AvgIpc) is 3.86. The molecule has 12 rings (SSSR count).